The Kier molecular flexibility index (Phi) is 4.93. The summed E-state index contributed by atoms with van der Waals surface area (Å²) in [4.78, 5) is 18.5. The maximum atomic E-state index is 12.4. The number of amides is 1. The number of benzene rings is 1. The molecule has 1 aromatic heterocycles. The number of carbonyl (C=O) groups is 1. The lowest BCUT2D eigenvalue weighted by molar-refractivity contribution is -0.120. The predicted octanol–water partition coefficient (Wildman–Crippen LogP) is 2.12. The second-order valence-electron chi connectivity index (χ2n) is 5.84. The van der Waals surface area contributed by atoms with Crippen molar-refractivity contribution in [2.75, 3.05) is 31.8 Å². The minimum atomic E-state index is 0.00969. The van der Waals surface area contributed by atoms with E-state index in [1.54, 1.807) is 11.9 Å². The summed E-state index contributed by atoms with van der Waals surface area (Å²) >= 11 is 0. The number of aryl methyl sites for hydroxylation is 1. The third-order valence-electron chi connectivity index (χ3n) is 4.28. The molecule has 1 saturated heterocycles. The molecule has 2 heterocycles. The minimum absolute atomic E-state index is 0.00969. The number of hydrogen-bond donors (Lipinski definition) is 0. The summed E-state index contributed by atoms with van der Waals surface area (Å²) < 4.78 is 13.0. The summed E-state index contributed by atoms with van der Waals surface area (Å²) in [5.41, 5.74) is 1.91. The first-order valence-corrected chi connectivity index (χ1v) is 8.04. The van der Waals surface area contributed by atoms with Crippen LogP contribution in [0.2, 0.25) is 0 Å². The van der Waals surface area contributed by atoms with E-state index in [0.717, 1.165) is 37.1 Å². The van der Waals surface area contributed by atoms with Crippen LogP contribution in [0.4, 0.5) is 5.95 Å². The zero-order chi connectivity index (χ0) is 16.2. The molecule has 1 fully saturated rings. The Morgan fingerprint density at radius 1 is 1.39 bits per heavy atom. The maximum absolute atomic E-state index is 12.4. The van der Waals surface area contributed by atoms with Crippen LogP contribution >= 0.6 is 0 Å². The molecule has 0 bridgehead atoms. The van der Waals surface area contributed by atoms with Gasteiger partial charge in [-0.1, -0.05) is 12.1 Å². The van der Waals surface area contributed by atoms with E-state index >= 15 is 0 Å². The van der Waals surface area contributed by atoms with E-state index in [0.29, 0.717) is 19.0 Å². The number of para-hydroxylation sites is 2. The monoisotopic (exact) mass is 317 g/mol. The highest BCUT2D eigenvalue weighted by molar-refractivity contribution is 5.93. The number of hydrogen-bond acceptors (Lipinski definition) is 4. The third-order valence-corrected chi connectivity index (χ3v) is 4.28. The van der Waals surface area contributed by atoms with E-state index in [-0.39, 0.29) is 12.0 Å². The fourth-order valence-corrected chi connectivity index (χ4v) is 2.87. The smallest absolute Gasteiger partial charge is 0.231 e. The molecule has 0 radical (unpaired) electrons. The number of ether oxygens (including phenoxy) is 2. The Balaban J connectivity index is 1.58. The van der Waals surface area contributed by atoms with Gasteiger partial charge in [0.1, 0.15) is 0 Å². The summed E-state index contributed by atoms with van der Waals surface area (Å²) in [5, 5.41) is 0. The van der Waals surface area contributed by atoms with E-state index in [1.807, 2.05) is 35.9 Å². The van der Waals surface area contributed by atoms with Gasteiger partial charge in [-0.25, -0.2) is 4.98 Å². The zero-order valence-electron chi connectivity index (χ0n) is 13.7. The van der Waals surface area contributed by atoms with Crippen molar-refractivity contribution in [1.82, 2.24) is 9.55 Å². The number of nitrogens with zero attached hydrogens (tertiary/aromatic N) is 3. The number of anilines is 1. The van der Waals surface area contributed by atoms with Crippen LogP contribution in [0.25, 0.3) is 11.0 Å². The van der Waals surface area contributed by atoms with Gasteiger partial charge in [0.05, 0.1) is 30.2 Å². The van der Waals surface area contributed by atoms with Crippen LogP contribution in [-0.4, -0.2) is 48.4 Å². The van der Waals surface area contributed by atoms with Crippen molar-refractivity contribution >= 4 is 22.9 Å². The fourth-order valence-electron chi connectivity index (χ4n) is 2.87. The Hall–Kier alpha value is -1.92. The number of imidazole rings is 1. The summed E-state index contributed by atoms with van der Waals surface area (Å²) in [5.74, 6) is 0.665. The van der Waals surface area contributed by atoms with Gasteiger partial charge in [0, 0.05) is 27.3 Å². The van der Waals surface area contributed by atoms with E-state index in [1.165, 1.54) is 0 Å². The van der Waals surface area contributed by atoms with Crippen LogP contribution in [0, 0.1) is 0 Å². The second-order valence-corrected chi connectivity index (χ2v) is 5.84. The van der Waals surface area contributed by atoms with E-state index < -0.39 is 0 Å². The molecule has 0 spiro atoms. The van der Waals surface area contributed by atoms with Gasteiger partial charge >= 0.3 is 0 Å². The van der Waals surface area contributed by atoms with E-state index in [2.05, 4.69) is 4.98 Å². The van der Waals surface area contributed by atoms with Gasteiger partial charge in [-0.3, -0.25) is 9.69 Å². The normalized spacial score (nSPS) is 15.9. The molecule has 0 saturated carbocycles. The number of fused-ring (bicyclic) bond motifs is 1. The number of aromatic nitrogens is 2. The summed E-state index contributed by atoms with van der Waals surface area (Å²) in [6.45, 7) is 1.94. The summed E-state index contributed by atoms with van der Waals surface area (Å²) in [6.07, 6.45) is 2.40. The van der Waals surface area contributed by atoms with Crippen LogP contribution < -0.4 is 4.90 Å². The first kappa shape index (κ1) is 16.0. The van der Waals surface area contributed by atoms with E-state index in [9.17, 15) is 4.79 Å². The van der Waals surface area contributed by atoms with Crippen LogP contribution in [0.15, 0.2) is 24.3 Å². The molecule has 6 nitrogen and oxygen atoms in total. The molecule has 0 aliphatic carbocycles. The molecule has 1 aromatic carbocycles. The van der Waals surface area contributed by atoms with Crippen molar-refractivity contribution in [2.24, 2.45) is 7.05 Å². The molecular formula is C17H23N3O3. The average Bonchev–Trinajstić information content (AvgIpc) is 2.92. The molecule has 6 heteroatoms. The average molecular weight is 317 g/mol. The van der Waals surface area contributed by atoms with Gasteiger partial charge < -0.3 is 14.0 Å². The Morgan fingerprint density at radius 2 is 2.13 bits per heavy atom. The molecule has 0 N–H and O–H groups in total. The highest BCUT2D eigenvalue weighted by Gasteiger charge is 2.19. The first-order valence-electron chi connectivity index (χ1n) is 8.04. The van der Waals surface area contributed by atoms with Gasteiger partial charge in [-0.2, -0.15) is 0 Å². The molecule has 1 aliphatic rings. The van der Waals surface area contributed by atoms with Crippen molar-refractivity contribution in [3.05, 3.63) is 24.3 Å². The zero-order valence-corrected chi connectivity index (χ0v) is 13.7. The maximum Gasteiger partial charge on any atom is 0.231 e. The molecule has 1 amide bonds. The predicted molar refractivity (Wildman–Crippen MR) is 88.5 cm³/mol. The van der Waals surface area contributed by atoms with Gasteiger partial charge in [-0.05, 0) is 25.0 Å². The molecule has 23 heavy (non-hydrogen) atoms. The quantitative estimate of drug-likeness (QED) is 0.847. The highest BCUT2D eigenvalue weighted by Crippen LogP contribution is 2.20. The van der Waals surface area contributed by atoms with Crippen molar-refractivity contribution in [3.63, 3.8) is 0 Å². The molecule has 2 aromatic rings. The van der Waals surface area contributed by atoms with Crippen molar-refractivity contribution in [3.8, 4) is 0 Å². The third kappa shape index (κ3) is 3.54. The first-order chi connectivity index (χ1) is 11.2. The van der Waals surface area contributed by atoms with Gasteiger partial charge in [0.15, 0.2) is 0 Å². The summed E-state index contributed by atoms with van der Waals surface area (Å²) in [7, 11) is 3.69. The standard InChI is InChI=1S/C17H23N3O3/c1-19-15-6-4-3-5-14(15)18-17(19)20(2)16(21)9-12-23-13-7-10-22-11-8-13/h3-6,13H,7-12H2,1-2H3. The van der Waals surface area contributed by atoms with Gasteiger partial charge in [0.2, 0.25) is 11.9 Å². The molecule has 3 rings (SSSR count). The van der Waals surface area contributed by atoms with Crippen LogP contribution in [0.5, 0.6) is 0 Å². The van der Waals surface area contributed by atoms with Crippen LogP contribution in [0.1, 0.15) is 19.3 Å². The van der Waals surface area contributed by atoms with Crippen molar-refractivity contribution in [2.45, 2.75) is 25.4 Å². The highest BCUT2D eigenvalue weighted by atomic mass is 16.5. The number of carbonyl (C=O) groups excluding carboxylic acids is 1. The fraction of sp³-hybridized carbons (Fsp3) is 0.529. The summed E-state index contributed by atoms with van der Waals surface area (Å²) in [6, 6.07) is 7.86. The Bertz CT molecular complexity index is 677. The largest absolute Gasteiger partial charge is 0.381 e. The molecule has 0 atom stereocenters. The number of rotatable bonds is 5. The Morgan fingerprint density at radius 3 is 2.87 bits per heavy atom. The lowest BCUT2D eigenvalue weighted by atomic mass is 10.1. The minimum Gasteiger partial charge on any atom is -0.381 e. The van der Waals surface area contributed by atoms with Gasteiger partial charge in [-0.15, -0.1) is 0 Å². The topological polar surface area (TPSA) is 56.6 Å². The molecule has 1 aliphatic heterocycles. The van der Waals surface area contributed by atoms with E-state index in [4.69, 9.17) is 9.47 Å². The Labute approximate surface area is 136 Å². The molecule has 0 unspecified atom stereocenters. The van der Waals surface area contributed by atoms with Crippen LogP contribution in [-0.2, 0) is 21.3 Å². The van der Waals surface area contributed by atoms with Gasteiger partial charge in [0.25, 0.3) is 0 Å². The lowest BCUT2D eigenvalue weighted by Gasteiger charge is -2.23. The second kappa shape index (κ2) is 7.10. The lowest BCUT2D eigenvalue weighted by Crippen LogP contribution is -2.31. The van der Waals surface area contributed by atoms with Crippen LogP contribution in [0.3, 0.4) is 0 Å². The SMILES string of the molecule is CN(C(=O)CCOC1CCOCC1)c1nc2ccccc2n1C. The van der Waals surface area contributed by atoms with Crippen molar-refractivity contribution in [1.29, 1.82) is 0 Å². The molecular weight excluding hydrogens is 294 g/mol. The van der Waals surface area contributed by atoms with Crippen molar-refractivity contribution < 1.29 is 14.3 Å². The molecule has 124 valence electrons.